The van der Waals surface area contributed by atoms with Crippen molar-refractivity contribution < 1.29 is 19.1 Å². The number of amides is 2. The number of rotatable bonds is 7. The first-order chi connectivity index (χ1) is 14.1. The second-order valence-corrected chi connectivity index (χ2v) is 6.41. The zero-order chi connectivity index (χ0) is 20.6. The minimum Gasteiger partial charge on any atom is -0.495 e. The number of anilines is 2. The van der Waals surface area contributed by atoms with E-state index in [4.69, 9.17) is 21.1 Å². The molecule has 3 rings (SSSR count). The van der Waals surface area contributed by atoms with E-state index in [-0.39, 0.29) is 18.4 Å². The van der Waals surface area contributed by atoms with E-state index in [2.05, 4.69) is 10.6 Å². The number of methoxy groups -OCH3 is 1. The predicted octanol–water partition coefficient (Wildman–Crippen LogP) is 4.62. The Balaban J connectivity index is 1.62. The molecule has 6 nitrogen and oxygen atoms in total. The van der Waals surface area contributed by atoms with Crippen LogP contribution >= 0.6 is 11.6 Å². The van der Waals surface area contributed by atoms with Crippen molar-refractivity contribution >= 4 is 34.8 Å². The molecular formula is C22H19ClN2O4. The van der Waals surface area contributed by atoms with Crippen LogP contribution < -0.4 is 20.1 Å². The molecule has 0 spiro atoms. The number of halogens is 1. The zero-order valence-corrected chi connectivity index (χ0v) is 16.4. The molecular weight excluding hydrogens is 392 g/mol. The second kappa shape index (κ2) is 9.61. The van der Waals surface area contributed by atoms with Gasteiger partial charge < -0.3 is 20.1 Å². The quantitative estimate of drug-likeness (QED) is 0.596. The third-order valence-electron chi connectivity index (χ3n) is 3.96. The van der Waals surface area contributed by atoms with E-state index >= 15 is 0 Å². The van der Waals surface area contributed by atoms with Gasteiger partial charge in [0.25, 0.3) is 11.8 Å². The molecule has 0 saturated heterocycles. The third kappa shape index (κ3) is 5.49. The van der Waals surface area contributed by atoms with Crippen LogP contribution in [0, 0.1) is 0 Å². The number of carbonyl (C=O) groups is 2. The molecule has 148 valence electrons. The molecule has 0 atom stereocenters. The molecule has 0 aliphatic heterocycles. The monoisotopic (exact) mass is 410 g/mol. The van der Waals surface area contributed by atoms with E-state index in [1.54, 1.807) is 54.6 Å². The summed E-state index contributed by atoms with van der Waals surface area (Å²) in [6.07, 6.45) is 0. The summed E-state index contributed by atoms with van der Waals surface area (Å²) in [5, 5.41) is 5.87. The van der Waals surface area contributed by atoms with Crippen molar-refractivity contribution in [1.82, 2.24) is 0 Å². The number of benzene rings is 3. The summed E-state index contributed by atoms with van der Waals surface area (Å²) in [6.45, 7) is -0.265. The summed E-state index contributed by atoms with van der Waals surface area (Å²) in [6, 6.07) is 20.7. The predicted molar refractivity (Wildman–Crippen MR) is 113 cm³/mol. The summed E-state index contributed by atoms with van der Waals surface area (Å²) in [7, 11) is 1.51. The lowest BCUT2D eigenvalue weighted by Crippen LogP contribution is -2.21. The first-order valence-electron chi connectivity index (χ1n) is 8.78. The van der Waals surface area contributed by atoms with Gasteiger partial charge in [-0.2, -0.15) is 0 Å². The maximum atomic E-state index is 12.6. The Hall–Kier alpha value is -3.51. The van der Waals surface area contributed by atoms with Crippen molar-refractivity contribution in [2.45, 2.75) is 0 Å². The lowest BCUT2D eigenvalue weighted by atomic mass is 10.2. The molecule has 0 heterocycles. The third-order valence-corrected chi connectivity index (χ3v) is 4.25. The van der Waals surface area contributed by atoms with Gasteiger partial charge in [0, 0.05) is 11.4 Å². The van der Waals surface area contributed by atoms with Crippen molar-refractivity contribution in [3.63, 3.8) is 0 Å². The first kappa shape index (κ1) is 20.2. The molecule has 2 amide bonds. The van der Waals surface area contributed by atoms with Crippen molar-refractivity contribution in [2.75, 3.05) is 24.4 Å². The van der Waals surface area contributed by atoms with Crippen LogP contribution in [0.15, 0.2) is 72.8 Å². The van der Waals surface area contributed by atoms with E-state index in [0.29, 0.717) is 33.5 Å². The highest BCUT2D eigenvalue weighted by molar-refractivity contribution is 6.32. The summed E-state index contributed by atoms with van der Waals surface area (Å²) in [5.41, 5.74) is 1.51. The molecule has 0 saturated carbocycles. The van der Waals surface area contributed by atoms with Crippen LogP contribution in [-0.2, 0) is 4.79 Å². The van der Waals surface area contributed by atoms with E-state index in [1.807, 2.05) is 18.2 Å². The number of ether oxygens (including phenoxy) is 2. The van der Waals surface area contributed by atoms with Crippen LogP contribution in [0.5, 0.6) is 11.5 Å². The summed E-state index contributed by atoms with van der Waals surface area (Å²) < 4.78 is 10.7. The van der Waals surface area contributed by atoms with Gasteiger partial charge in [0.2, 0.25) is 0 Å². The molecule has 29 heavy (non-hydrogen) atoms. The van der Waals surface area contributed by atoms with Gasteiger partial charge >= 0.3 is 0 Å². The summed E-state index contributed by atoms with van der Waals surface area (Å²) in [4.78, 5) is 24.8. The van der Waals surface area contributed by atoms with Gasteiger partial charge in [-0.1, -0.05) is 41.9 Å². The lowest BCUT2D eigenvalue weighted by Gasteiger charge is -2.12. The highest BCUT2D eigenvalue weighted by Gasteiger charge is 2.14. The van der Waals surface area contributed by atoms with Crippen LogP contribution in [0.25, 0.3) is 0 Å². The van der Waals surface area contributed by atoms with Gasteiger partial charge in [-0.3, -0.25) is 9.59 Å². The number of hydrogen-bond acceptors (Lipinski definition) is 4. The Bertz CT molecular complexity index is 1010. The van der Waals surface area contributed by atoms with E-state index in [9.17, 15) is 9.59 Å². The Labute approximate surface area is 173 Å². The van der Waals surface area contributed by atoms with Gasteiger partial charge in [0.15, 0.2) is 6.61 Å². The number of nitrogens with one attached hydrogen (secondary N) is 2. The van der Waals surface area contributed by atoms with Gasteiger partial charge in [0.1, 0.15) is 11.5 Å². The van der Waals surface area contributed by atoms with Crippen LogP contribution in [0.4, 0.5) is 11.4 Å². The Morgan fingerprint density at radius 3 is 2.31 bits per heavy atom. The van der Waals surface area contributed by atoms with Crippen LogP contribution in [-0.4, -0.2) is 25.5 Å². The van der Waals surface area contributed by atoms with Gasteiger partial charge in [-0.15, -0.1) is 0 Å². The molecule has 3 aromatic rings. The molecule has 0 radical (unpaired) electrons. The van der Waals surface area contributed by atoms with E-state index < -0.39 is 0 Å². The van der Waals surface area contributed by atoms with Gasteiger partial charge in [0.05, 0.1) is 17.7 Å². The minimum atomic E-state index is -0.385. The largest absolute Gasteiger partial charge is 0.495 e. The molecule has 0 aliphatic carbocycles. The maximum absolute atomic E-state index is 12.6. The normalized spacial score (nSPS) is 10.1. The summed E-state index contributed by atoms with van der Waals surface area (Å²) >= 11 is 6.06. The zero-order valence-electron chi connectivity index (χ0n) is 15.6. The smallest absolute Gasteiger partial charge is 0.262 e. The van der Waals surface area contributed by atoms with Crippen LogP contribution in [0.3, 0.4) is 0 Å². The molecule has 0 aromatic heterocycles. The molecule has 3 aromatic carbocycles. The van der Waals surface area contributed by atoms with Crippen molar-refractivity contribution in [2.24, 2.45) is 0 Å². The topological polar surface area (TPSA) is 76.7 Å². The van der Waals surface area contributed by atoms with E-state index in [1.165, 1.54) is 7.11 Å². The minimum absolute atomic E-state index is 0.265. The van der Waals surface area contributed by atoms with E-state index in [0.717, 1.165) is 0 Å². The van der Waals surface area contributed by atoms with Crippen molar-refractivity contribution in [3.8, 4) is 11.5 Å². The standard InChI is InChI=1S/C22H19ClN2O4/c1-28-20-12-11-16(13-18(20)23)24-21(26)14-29-19-10-6-5-9-17(19)22(27)25-15-7-3-2-4-8-15/h2-13H,14H2,1H3,(H,24,26)(H,25,27). The molecule has 7 heteroatoms. The Kier molecular flexibility index (Phi) is 6.71. The number of carbonyl (C=O) groups excluding carboxylic acids is 2. The average molecular weight is 411 g/mol. The summed E-state index contributed by atoms with van der Waals surface area (Å²) in [5.74, 6) is 0.113. The average Bonchev–Trinajstić information content (AvgIpc) is 2.73. The van der Waals surface area contributed by atoms with Crippen LogP contribution in [0.1, 0.15) is 10.4 Å². The number of hydrogen-bond donors (Lipinski definition) is 2. The van der Waals surface area contributed by atoms with Crippen LogP contribution in [0.2, 0.25) is 5.02 Å². The van der Waals surface area contributed by atoms with Gasteiger partial charge in [-0.05, 0) is 42.5 Å². The molecule has 2 N–H and O–H groups in total. The molecule has 0 aliphatic rings. The Morgan fingerprint density at radius 2 is 1.59 bits per heavy atom. The molecule has 0 bridgehead atoms. The maximum Gasteiger partial charge on any atom is 0.262 e. The Morgan fingerprint density at radius 1 is 0.862 bits per heavy atom. The SMILES string of the molecule is COc1ccc(NC(=O)COc2ccccc2C(=O)Nc2ccccc2)cc1Cl. The first-order valence-corrected chi connectivity index (χ1v) is 9.16. The number of para-hydroxylation sites is 2. The fourth-order valence-corrected chi connectivity index (χ4v) is 2.84. The fraction of sp³-hybridized carbons (Fsp3) is 0.0909. The lowest BCUT2D eigenvalue weighted by molar-refractivity contribution is -0.118. The highest BCUT2D eigenvalue weighted by atomic mass is 35.5. The molecule has 0 unspecified atom stereocenters. The van der Waals surface area contributed by atoms with Crippen molar-refractivity contribution in [1.29, 1.82) is 0 Å². The fourth-order valence-electron chi connectivity index (χ4n) is 2.58. The van der Waals surface area contributed by atoms with Gasteiger partial charge in [-0.25, -0.2) is 0 Å². The highest BCUT2D eigenvalue weighted by Crippen LogP contribution is 2.27. The molecule has 0 fully saturated rings. The second-order valence-electron chi connectivity index (χ2n) is 6.00. The van der Waals surface area contributed by atoms with Crippen molar-refractivity contribution in [3.05, 3.63) is 83.4 Å².